The summed E-state index contributed by atoms with van der Waals surface area (Å²) in [6, 6.07) is -0.667. The summed E-state index contributed by atoms with van der Waals surface area (Å²) in [7, 11) is 0. The number of carbonyl (C=O) groups is 3. The minimum absolute atomic E-state index is 0.0391. The minimum atomic E-state index is -0.636. The molecular weight excluding hydrogens is 464 g/mol. The van der Waals surface area contributed by atoms with E-state index < -0.39 is 27.4 Å². The number of hydrogen-bond donors (Lipinski definition) is 1. The maximum Gasteiger partial charge on any atom is 0.311 e. The van der Waals surface area contributed by atoms with Gasteiger partial charge >= 0.3 is 5.97 Å². The fourth-order valence-corrected chi connectivity index (χ4v) is 8.54. The van der Waals surface area contributed by atoms with Crippen LogP contribution in [-0.2, 0) is 19.1 Å². The Morgan fingerprint density at radius 1 is 1.23 bits per heavy atom. The second-order valence-electron chi connectivity index (χ2n) is 10.5. The highest BCUT2D eigenvalue weighted by Crippen LogP contribution is 2.71. The van der Waals surface area contributed by atoms with Gasteiger partial charge in [0.2, 0.25) is 11.8 Å². The number of hydrogen-bond acceptors (Lipinski definition) is 6. The zero-order chi connectivity index (χ0) is 25.8. The summed E-state index contributed by atoms with van der Waals surface area (Å²) in [6.45, 7) is 14.7. The van der Waals surface area contributed by atoms with E-state index in [9.17, 15) is 19.5 Å². The molecule has 0 radical (unpaired) electrons. The average molecular weight is 507 g/mol. The molecule has 2 bridgehead atoms. The van der Waals surface area contributed by atoms with Crippen molar-refractivity contribution in [3.05, 3.63) is 25.3 Å². The largest absolute Gasteiger partial charge is 0.465 e. The molecule has 1 spiro atoms. The van der Waals surface area contributed by atoms with E-state index in [4.69, 9.17) is 4.74 Å². The number of aliphatic hydroxyl groups is 1. The number of fused-ring (bicyclic) bond motifs is 1. The van der Waals surface area contributed by atoms with Crippen LogP contribution >= 0.6 is 11.8 Å². The minimum Gasteiger partial charge on any atom is -0.465 e. The summed E-state index contributed by atoms with van der Waals surface area (Å²) >= 11 is 1.67. The first kappa shape index (κ1) is 27.8. The predicted molar refractivity (Wildman–Crippen MR) is 139 cm³/mol. The van der Waals surface area contributed by atoms with Crippen molar-refractivity contribution in [2.75, 3.05) is 26.3 Å². The van der Waals surface area contributed by atoms with E-state index in [-0.39, 0.29) is 30.4 Å². The van der Waals surface area contributed by atoms with Gasteiger partial charge in [-0.3, -0.25) is 14.4 Å². The lowest BCUT2D eigenvalue weighted by Crippen LogP contribution is -2.56. The Morgan fingerprint density at radius 2 is 1.97 bits per heavy atom. The molecule has 8 heteroatoms. The molecule has 3 aliphatic rings. The van der Waals surface area contributed by atoms with Crippen molar-refractivity contribution in [1.82, 2.24) is 9.80 Å². The molecule has 3 fully saturated rings. The van der Waals surface area contributed by atoms with Gasteiger partial charge < -0.3 is 19.6 Å². The average Bonchev–Trinajstić information content (AvgIpc) is 3.38. The van der Waals surface area contributed by atoms with Crippen molar-refractivity contribution in [1.29, 1.82) is 0 Å². The molecule has 0 saturated carbocycles. The van der Waals surface area contributed by atoms with Gasteiger partial charge in [-0.1, -0.05) is 12.2 Å². The maximum absolute atomic E-state index is 14.0. The molecule has 0 aromatic carbocycles. The first-order chi connectivity index (χ1) is 16.7. The van der Waals surface area contributed by atoms with E-state index in [2.05, 4.69) is 20.1 Å². The van der Waals surface area contributed by atoms with E-state index in [1.165, 1.54) is 0 Å². The molecule has 3 aliphatic heterocycles. The van der Waals surface area contributed by atoms with E-state index in [0.717, 1.165) is 32.1 Å². The predicted octanol–water partition coefficient (Wildman–Crippen LogP) is 3.56. The molecule has 2 amide bonds. The Bertz CT molecular complexity index is 832. The SMILES string of the molecule is C=CCCCCOC(=O)[C@H]1[C@H]2C(=O)N(CCCCO)C(C(=O)N(CC=C)C(C)C)C23CC[C@]1(C)S3. The molecule has 35 heavy (non-hydrogen) atoms. The van der Waals surface area contributed by atoms with E-state index >= 15 is 0 Å². The summed E-state index contributed by atoms with van der Waals surface area (Å²) in [5.74, 6) is -1.62. The third-order valence-corrected chi connectivity index (χ3v) is 9.84. The number of allylic oxidation sites excluding steroid dienone is 1. The van der Waals surface area contributed by atoms with Gasteiger partial charge in [0, 0.05) is 30.5 Å². The third-order valence-electron chi connectivity index (χ3n) is 7.85. The Labute approximate surface area is 214 Å². The highest BCUT2D eigenvalue weighted by atomic mass is 32.2. The number of rotatable bonds is 14. The lowest BCUT2D eigenvalue weighted by Gasteiger charge is -2.38. The number of esters is 1. The topological polar surface area (TPSA) is 87.1 Å². The number of ether oxygens (including phenoxy) is 1. The van der Waals surface area contributed by atoms with Crippen molar-refractivity contribution in [2.24, 2.45) is 11.8 Å². The quantitative estimate of drug-likeness (QED) is 0.220. The number of carbonyl (C=O) groups excluding carboxylic acids is 3. The Kier molecular flexibility index (Phi) is 9.13. The molecule has 2 unspecified atom stereocenters. The lowest BCUT2D eigenvalue weighted by atomic mass is 9.66. The first-order valence-electron chi connectivity index (χ1n) is 13.0. The Hall–Kier alpha value is -1.80. The van der Waals surface area contributed by atoms with Crippen LogP contribution < -0.4 is 0 Å². The molecule has 1 N–H and O–H groups in total. The molecule has 0 aliphatic carbocycles. The molecule has 7 nitrogen and oxygen atoms in total. The van der Waals surface area contributed by atoms with Crippen molar-refractivity contribution < 1.29 is 24.2 Å². The van der Waals surface area contributed by atoms with E-state index in [0.29, 0.717) is 32.5 Å². The van der Waals surface area contributed by atoms with Crippen LogP contribution in [0.1, 0.15) is 65.7 Å². The van der Waals surface area contributed by atoms with Crippen LogP contribution in [0.3, 0.4) is 0 Å². The smallest absolute Gasteiger partial charge is 0.311 e. The van der Waals surface area contributed by atoms with Gasteiger partial charge in [-0.15, -0.1) is 24.9 Å². The molecule has 0 aromatic heterocycles. The molecule has 196 valence electrons. The summed E-state index contributed by atoms with van der Waals surface area (Å²) < 4.78 is 4.64. The van der Waals surface area contributed by atoms with Crippen LogP contribution in [0, 0.1) is 11.8 Å². The lowest BCUT2D eigenvalue weighted by molar-refractivity contribution is -0.155. The number of likely N-dealkylation sites (tertiary alicyclic amines) is 1. The fourth-order valence-electron chi connectivity index (χ4n) is 6.20. The molecule has 0 aromatic rings. The van der Waals surface area contributed by atoms with Gasteiger partial charge in [0.05, 0.1) is 23.2 Å². The van der Waals surface area contributed by atoms with Gasteiger partial charge in [0.15, 0.2) is 0 Å². The van der Waals surface area contributed by atoms with Gasteiger partial charge in [-0.05, 0) is 65.7 Å². The standard InChI is InChI=1S/C27H42N2O5S/c1-6-8-9-12-18-34-25(33)21-20-23(31)29(16-10-11-17-30)22(24(32)28(15-7-2)19(3)4)27(20)14-13-26(21,5)35-27/h6-7,19-22,30H,1-2,8-18H2,3-5H3/t20-,21+,22?,26-,27?/m0/s1. The Balaban J connectivity index is 1.93. The van der Waals surface area contributed by atoms with Crippen LogP contribution in [-0.4, -0.2) is 80.6 Å². The second kappa shape index (κ2) is 11.5. The molecular formula is C27H42N2O5S. The first-order valence-corrected chi connectivity index (χ1v) is 13.8. The number of thioether (sulfide) groups is 1. The van der Waals surface area contributed by atoms with Gasteiger partial charge in [0.25, 0.3) is 0 Å². The Morgan fingerprint density at radius 3 is 2.60 bits per heavy atom. The third kappa shape index (κ3) is 5.06. The number of amides is 2. The number of aliphatic hydroxyl groups excluding tert-OH is 1. The number of nitrogens with zero attached hydrogens (tertiary/aromatic N) is 2. The highest BCUT2D eigenvalue weighted by molar-refractivity contribution is 8.02. The zero-order valence-electron chi connectivity index (χ0n) is 21.5. The van der Waals surface area contributed by atoms with Crippen LogP contribution in [0.15, 0.2) is 25.3 Å². The zero-order valence-corrected chi connectivity index (χ0v) is 22.4. The monoisotopic (exact) mass is 506 g/mol. The van der Waals surface area contributed by atoms with Crippen LogP contribution in [0.5, 0.6) is 0 Å². The summed E-state index contributed by atoms with van der Waals surface area (Å²) in [4.78, 5) is 44.9. The van der Waals surface area contributed by atoms with Crippen LogP contribution in [0.25, 0.3) is 0 Å². The van der Waals surface area contributed by atoms with Crippen molar-refractivity contribution in [3.63, 3.8) is 0 Å². The van der Waals surface area contributed by atoms with Crippen molar-refractivity contribution in [2.45, 2.75) is 87.3 Å². The van der Waals surface area contributed by atoms with Crippen LogP contribution in [0.4, 0.5) is 0 Å². The summed E-state index contributed by atoms with van der Waals surface area (Å²) in [5.41, 5.74) is 0. The van der Waals surface area contributed by atoms with Gasteiger partial charge in [0.1, 0.15) is 6.04 Å². The molecule has 3 heterocycles. The molecule has 3 saturated heterocycles. The molecule has 5 atom stereocenters. The van der Waals surface area contributed by atoms with Crippen molar-refractivity contribution in [3.8, 4) is 0 Å². The molecule has 3 rings (SSSR count). The number of unbranched alkanes of at least 4 members (excludes halogenated alkanes) is 3. The van der Waals surface area contributed by atoms with E-state index in [1.54, 1.807) is 27.6 Å². The second-order valence-corrected chi connectivity index (χ2v) is 12.4. The summed E-state index contributed by atoms with van der Waals surface area (Å²) in [5, 5.41) is 9.30. The van der Waals surface area contributed by atoms with Crippen molar-refractivity contribution >= 4 is 29.5 Å². The van der Waals surface area contributed by atoms with Gasteiger partial charge in [-0.25, -0.2) is 0 Å². The highest BCUT2D eigenvalue weighted by Gasteiger charge is 2.77. The normalized spacial score (nSPS) is 31.1. The summed E-state index contributed by atoms with van der Waals surface area (Å²) in [6.07, 6.45) is 8.78. The van der Waals surface area contributed by atoms with E-state index in [1.807, 2.05) is 19.9 Å². The van der Waals surface area contributed by atoms with Crippen LogP contribution in [0.2, 0.25) is 0 Å². The fraction of sp³-hybridized carbons (Fsp3) is 0.741. The van der Waals surface area contributed by atoms with Gasteiger partial charge in [-0.2, -0.15) is 0 Å². The maximum atomic E-state index is 14.0.